The number of aryl methyl sites for hydroxylation is 1. The minimum atomic E-state index is -5.05. The first-order chi connectivity index (χ1) is 19.1. The highest BCUT2D eigenvalue weighted by molar-refractivity contribution is 5.95. The van der Waals surface area contributed by atoms with E-state index in [1.807, 2.05) is 0 Å². The third-order valence-electron chi connectivity index (χ3n) is 7.93. The SMILES string of the molecule is Cc1ccc(CC2CN(CCN3[C@H](C)COC[C@@H]3C)CCN2C(=O)c2cc(C(F)(F)F)cc(C(F)(F)F)c2)cc1O. The lowest BCUT2D eigenvalue weighted by Gasteiger charge is -2.44. The van der Waals surface area contributed by atoms with Crippen LogP contribution in [0, 0.1) is 6.92 Å². The molecule has 41 heavy (non-hydrogen) atoms. The van der Waals surface area contributed by atoms with Crippen molar-refractivity contribution < 1.29 is 41.0 Å². The molecule has 1 N–H and O–H groups in total. The van der Waals surface area contributed by atoms with Crippen LogP contribution in [0.4, 0.5) is 26.3 Å². The van der Waals surface area contributed by atoms with E-state index in [-0.39, 0.29) is 36.9 Å². The Kier molecular flexibility index (Phi) is 9.25. The summed E-state index contributed by atoms with van der Waals surface area (Å²) in [6.45, 7) is 9.51. The van der Waals surface area contributed by atoms with Gasteiger partial charge in [0.05, 0.1) is 24.3 Å². The van der Waals surface area contributed by atoms with Gasteiger partial charge < -0.3 is 14.7 Å². The maximum absolute atomic E-state index is 13.6. The highest BCUT2D eigenvalue weighted by atomic mass is 19.4. The predicted octanol–water partition coefficient (Wildman–Crippen LogP) is 5.22. The van der Waals surface area contributed by atoms with Gasteiger partial charge in [-0.3, -0.25) is 14.6 Å². The topological polar surface area (TPSA) is 56.2 Å². The molecule has 2 heterocycles. The molecule has 1 unspecified atom stereocenters. The second-order valence-corrected chi connectivity index (χ2v) is 11.0. The van der Waals surface area contributed by atoms with Crippen LogP contribution in [0.3, 0.4) is 0 Å². The fourth-order valence-corrected chi connectivity index (χ4v) is 5.60. The van der Waals surface area contributed by atoms with Gasteiger partial charge in [0.25, 0.3) is 5.91 Å². The van der Waals surface area contributed by atoms with Crippen molar-refractivity contribution in [2.24, 2.45) is 0 Å². The average Bonchev–Trinajstić information content (AvgIpc) is 2.89. The second-order valence-electron chi connectivity index (χ2n) is 11.0. The number of morpholine rings is 1. The number of aromatic hydroxyl groups is 1. The van der Waals surface area contributed by atoms with Crippen molar-refractivity contribution in [1.29, 1.82) is 0 Å². The number of halogens is 6. The van der Waals surface area contributed by atoms with Crippen molar-refractivity contribution in [3.8, 4) is 5.75 Å². The number of benzene rings is 2. The molecule has 0 radical (unpaired) electrons. The minimum Gasteiger partial charge on any atom is -0.508 e. The van der Waals surface area contributed by atoms with Crippen molar-refractivity contribution in [2.45, 2.75) is 57.7 Å². The third kappa shape index (κ3) is 7.52. The molecule has 2 aliphatic rings. The van der Waals surface area contributed by atoms with Gasteiger partial charge in [0.2, 0.25) is 0 Å². The standard InChI is InChI=1S/C29H35F6N3O3/c1-18-4-5-21(11-26(18)39)10-25-15-36(6-8-37-19(2)16-41-17-20(37)3)7-9-38(25)27(40)22-12-23(28(30,31)32)14-24(13-22)29(33,34)35/h4-5,11-14,19-20,25,39H,6-10,15-17H2,1-3H3/t19-,20+,25?. The second kappa shape index (κ2) is 12.2. The molecular formula is C29H35F6N3O3. The summed E-state index contributed by atoms with van der Waals surface area (Å²) in [6, 6.07) is 6.01. The number of hydrogen-bond donors (Lipinski definition) is 1. The molecule has 2 aromatic carbocycles. The zero-order valence-electron chi connectivity index (χ0n) is 23.2. The molecule has 6 nitrogen and oxygen atoms in total. The molecule has 3 atom stereocenters. The zero-order chi connectivity index (χ0) is 30.1. The fraction of sp³-hybridized carbons (Fsp3) is 0.552. The van der Waals surface area contributed by atoms with Gasteiger partial charge in [-0.15, -0.1) is 0 Å². The van der Waals surface area contributed by atoms with Crippen molar-refractivity contribution in [3.05, 3.63) is 64.2 Å². The van der Waals surface area contributed by atoms with Crippen LogP contribution in [0.5, 0.6) is 5.75 Å². The Bertz CT molecular complexity index is 1190. The van der Waals surface area contributed by atoms with Gasteiger partial charge in [-0.1, -0.05) is 12.1 Å². The summed E-state index contributed by atoms with van der Waals surface area (Å²) in [5.41, 5.74) is -2.35. The van der Waals surface area contributed by atoms with E-state index in [1.54, 1.807) is 25.1 Å². The van der Waals surface area contributed by atoms with E-state index < -0.39 is 41.0 Å². The Labute approximate surface area is 235 Å². The Morgan fingerprint density at radius 2 is 1.54 bits per heavy atom. The van der Waals surface area contributed by atoms with Crippen molar-refractivity contribution in [2.75, 3.05) is 45.9 Å². The molecule has 0 bridgehead atoms. The highest BCUT2D eigenvalue weighted by Crippen LogP contribution is 2.37. The van der Waals surface area contributed by atoms with Crippen LogP contribution in [0.25, 0.3) is 0 Å². The van der Waals surface area contributed by atoms with Gasteiger partial charge in [0, 0.05) is 56.4 Å². The number of phenolic OH excluding ortho intramolecular Hbond substituents is 1. The number of alkyl halides is 6. The van der Waals surface area contributed by atoms with E-state index >= 15 is 0 Å². The first kappa shape index (κ1) is 31.1. The van der Waals surface area contributed by atoms with Crippen molar-refractivity contribution in [3.63, 3.8) is 0 Å². The summed E-state index contributed by atoms with van der Waals surface area (Å²) in [4.78, 5) is 19.4. The number of carbonyl (C=O) groups excluding carboxylic acids is 1. The Hall–Kier alpha value is -2.83. The van der Waals surface area contributed by atoms with Crippen LogP contribution < -0.4 is 0 Å². The average molecular weight is 588 g/mol. The van der Waals surface area contributed by atoms with E-state index in [0.29, 0.717) is 56.1 Å². The first-order valence-electron chi connectivity index (χ1n) is 13.6. The van der Waals surface area contributed by atoms with E-state index in [1.165, 1.54) is 4.90 Å². The fourth-order valence-electron chi connectivity index (χ4n) is 5.60. The summed E-state index contributed by atoms with van der Waals surface area (Å²) in [7, 11) is 0. The largest absolute Gasteiger partial charge is 0.508 e. The van der Waals surface area contributed by atoms with Gasteiger partial charge in [-0.05, 0) is 62.6 Å². The third-order valence-corrected chi connectivity index (χ3v) is 7.93. The molecule has 0 saturated carbocycles. The molecular weight excluding hydrogens is 552 g/mol. The van der Waals surface area contributed by atoms with Gasteiger partial charge >= 0.3 is 12.4 Å². The molecule has 2 fully saturated rings. The van der Waals surface area contributed by atoms with Crippen LogP contribution >= 0.6 is 0 Å². The maximum atomic E-state index is 13.6. The smallest absolute Gasteiger partial charge is 0.416 e. The van der Waals surface area contributed by atoms with Crippen LogP contribution in [0.2, 0.25) is 0 Å². The maximum Gasteiger partial charge on any atom is 0.416 e. The summed E-state index contributed by atoms with van der Waals surface area (Å²) in [5, 5.41) is 10.2. The van der Waals surface area contributed by atoms with E-state index in [2.05, 4.69) is 23.6 Å². The minimum absolute atomic E-state index is 0.0227. The number of rotatable bonds is 6. The van der Waals surface area contributed by atoms with Crippen LogP contribution in [0.1, 0.15) is 46.5 Å². The molecule has 12 heteroatoms. The molecule has 2 aliphatic heterocycles. The predicted molar refractivity (Wildman–Crippen MR) is 141 cm³/mol. The number of amides is 1. The quantitative estimate of drug-likeness (QED) is 0.470. The highest BCUT2D eigenvalue weighted by Gasteiger charge is 2.39. The molecule has 2 aromatic rings. The van der Waals surface area contributed by atoms with Crippen molar-refractivity contribution in [1.82, 2.24) is 14.7 Å². The molecule has 1 amide bonds. The van der Waals surface area contributed by atoms with Gasteiger partial charge in [0.15, 0.2) is 0 Å². The Morgan fingerprint density at radius 3 is 2.10 bits per heavy atom. The molecule has 2 saturated heterocycles. The summed E-state index contributed by atoms with van der Waals surface area (Å²) >= 11 is 0. The first-order valence-corrected chi connectivity index (χ1v) is 13.6. The van der Waals surface area contributed by atoms with Crippen LogP contribution in [0.15, 0.2) is 36.4 Å². The number of phenols is 1. The summed E-state index contributed by atoms with van der Waals surface area (Å²) in [6.07, 6.45) is -9.84. The Morgan fingerprint density at radius 1 is 0.927 bits per heavy atom. The molecule has 226 valence electrons. The number of hydrogen-bond acceptors (Lipinski definition) is 5. The van der Waals surface area contributed by atoms with Crippen LogP contribution in [-0.4, -0.2) is 89.8 Å². The number of nitrogens with zero attached hydrogens (tertiary/aromatic N) is 3. The van der Waals surface area contributed by atoms with E-state index in [9.17, 15) is 36.2 Å². The monoisotopic (exact) mass is 587 g/mol. The molecule has 0 aromatic heterocycles. The lowest BCUT2D eigenvalue weighted by molar-refractivity contribution is -0.143. The lowest BCUT2D eigenvalue weighted by atomic mass is 9.98. The van der Waals surface area contributed by atoms with E-state index in [4.69, 9.17) is 4.74 Å². The Balaban J connectivity index is 1.60. The number of piperazine rings is 1. The zero-order valence-corrected chi connectivity index (χ0v) is 23.2. The molecule has 0 spiro atoms. The van der Waals surface area contributed by atoms with Crippen molar-refractivity contribution >= 4 is 5.91 Å². The van der Waals surface area contributed by atoms with Gasteiger partial charge in [-0.2, -0.15) is 26.3 Å². The normalized spacial score (nSPS) is 23.1. The summed E-state index contributed by atoms with van der Waals surface area (Å²) < 4.78 is 86.5. The number of carbonyl (C=O) groups is 1. The van der Waals surface area contributed by atoms with E-state index in [0.717, 1.165) is 6.54 Å². The van der Waals surface area contributed by atoms with Gasteiger partial charge in [-0.25, -0.2) is 0 Å². The molecule has 0 aliphatic carbocycles. The lowest BCUT2D eigenvalue weighted by Crippen LogP contribution is -2.58. The van der Waals surface area contributed by atoms with Gasteiger partial charge in [0.1, 0.15) is 5.75 Å². The summed E-state index contributed by atoms with van der Waals surface area (Å²) in [5.74, 6) is -0.825. The molecule has 4 rings (SSSR count). The number of ether oxygens (including phenoxy) is 1. The van der Waals surface area contributed by atoms with Crippen LogP contribution in [-0.2, 0) is 23.5 Å².